The molecule has 0 aliphatic rings. The molecular formula is C23H24ClN5O. The number of imidazole rings is 1. The Balaban J connectivity index is 1.53. The first kappa shape index (κ1) is 20.2. The molecule has 154 valence electrons. The summed E-state index contributed by atoms with van der Waals surface area (Å²) in [7, 11) is 0. The lowest BCUT2D eigenvalue weighted by Gasteiger charge is -2.13. The molecule has 1 N–H and O–H groups in total. The van der Waals surface area contributed by atoms with Crippen LogP contribution in [-0.4, -0.2) is 31.8 Å². The number of benzene rings is 2. The van der Waals surface area contributed by atoms with Crippen LogP contribution in [0.5, 0.6) is 0 Å². The fourth-order valence-corrected chi connectivity index (χ4v) is 3.94. The third-order valence-electron chi connectivity index (χ3n) is 5.12. The van der Waals surface area contributed by atoms with Crippen molar-refractivity contribution in [2.24, 2.45) is 0 Å². The third-order valence-corrected chi connectivity index (χ3v) is 5.35. The molecule has 4 rings (SSSR count). The van der Waals surface area contributed by atoms with Gasteiger partial charge in [-0.25, -0.2) is 9.67 Å². The SMILES string of the molecule is Cc1nc2ccccc2n1CCNC(=O)c1cnn(-c2cccc(Cl)c2)c1C(C)C. The van der Waals surface area contributed by atoms with Gasteiger partial charge in [0, 0.05) is 18.1 Å². The van der Waals surface area contributed by atoms with Gasteiger partial charge in [-0.2, -0.15) is 5.10 Å². The minimum Gasteiger partial charge on any atom is -0.350 e. The van der Waals surface area contributed by atoms with Crippen LogP contribution >= 0.6 is 11.6 Å². The maximum absolute atomic E-state index is 12.9. The van der Waals surface area contributed by atoms with Crippen LogP contribution < -0.4 is 5.32 Å². The maximum atomic E-state index is 12.9. The fraction of sp³-hybridized carbons (Fsp3) is 0.261. The molecule has 0 fully saturated rings. The van der Waals surface area contributed by atoms with Gasteiger partial charge >= 0.3 is 0 Å². The summed E-state index contributed by atoms with van der Waals surface area (Å²) in [6.45, 7) is 7.23. The lowest BCUT2D eigenvalue weighted by molar-refractivity contribution is 0.0951. The zero-order chi connectivity index (χ0) is 21.3. The normalized spacial score (nSPS) is 11.4. The molecule has 0 aliphatic carbocycles. The standard InChI is InChI=1S/C23H24ClN5O/c1-15(2)22-19(14-26-29(22)18-8-6-7-17(24)13-18)23(30)25-11-12-28-16(3)27-20-9-4-5-10-21(20)28/h4-10,13-15H,11-12H2,1-3H3,(H,25,30). The molecule has 7 heteroatoms. The van der Waals surface area contributed by atoms with Gasteiger partial charge in [0.15, 0.2) is 0 Å². The molecule has 1 amide bonds. The minimum atomic E-state index is -0.131. The quantitative estimate of drug-likeness (QED) is 0.489. The molecule has 6 nitrogen and oxygen atoms in total. The first-order valence-corrected chi connectivity index (χ1v) is 10.4. The van der Waals surface area contributed by atoms with Crippen molar-refractivity contribution >= 4 is 28.5 Å². The van der Waals surface area contributed by atoms with Crippen LogP contribution in [0.1, 0.15) is 41.6 Å². The summed E-state index contributed by atoms with van der Waals surface area (Å²) < 4.78 is 3.91. The second-order valence-corrected chi connectivity index (χ2v) is 7.98. The lowest BCUT2D eigenvalue weighted by atomic mass is 10.1. The van der Waals surface area contributed by atoms with Crippen molar-refractivity contribution in [1.29, 1.82) is 0 Å². The number of hydrogen-bond donors (Lipinski definition) is 1. The van der Waals surface area contributed by atoms with E-state index in [0.29, 0.717) is 23.7 Å². The Labute approximate surface area is 180 Å². The van der Waals surface area contributed by atoms with Crippen LogP contribution in [0.15, 0.2) is 54.7 Å². The minimum absolute atomic E-state index is 0.118. The van der Waals surface area contributed by atoms with Crippen molar-refractivity contribution < 1.29 is 4.79 Å². The molecule has 2 heterocycles. The molecule has 2 aromatic heterocycles. The Morgan fingerprint density at radius 1 is 1.17 bits per heavy atom. The largest absolute Gasteiger partial charge is 0.350 e. The molecule has 4 aromatic rings. The van der Waals surface area contributed by atoms with E-state index < -0.39 is 0 Å². The number of rotatable bonds is 6. The Bertz CT molecular complexity index is 1210. The summed E-state index contributed by atoms with van der Waals surface area (Å²) >= 11 is 6.14. The Morgan fingerprint density at radius 3 is 2.73 bits per heavy atom. The monoisotopic (exact) mass is 421 g/mol. The molecule has 0 saturated carbocycles. The predicted molar refractivity (Wildman–Crippen MR) is 119 cm³/mol. The number of nitrogens with one attached hydrogen (secondary N) is 1. The molecule has 0 aliphatic heterocycles. The maximum Gasteiger partial charge on any atom is 0.254 e. The van der Waals surface area contributed by atoms with E-state index in [-0.39, 0.29) is 11.8 Å². The summed E-state index contributed by atoms with van der Waals surface area (Å²) in [6, 6.07) is 15.5. The first-order chi connectivity index (χ1) is 14.5. The van der Waals surface area contributed by atoms with Crippen molar-refractivity contribution in [2.75, 3.05) is 6.54 Å². The van der Waals surface area contributed by atoms with Crippen LogP contribution in [0.4, 0.5) is 0 Å². The van der Waals surface area contributed by atoms with Gasteiger partial charge in [-0.15, -0.1) is 0 Å². The Kier molecular flexibility index (Phi) is 5.59. The summed E-state index contributed by atoms with van der Waals surface area (Å²) in [4.78, 5) is 17.5. The Hall–Kier alpha value is -3.12. The number of amides is 1. The number of para-hydroxylation sites is 2. The van der Waals surface area contributed by atoms with Crippen molar-refractivity contribution in [2.45, 2.75) is 33.2 Å². The highest BCUT2D eigenvalue weighted by molar-refractivity contribution is 6.30. The van der Waals surface area contributed by atoms with Crippen molar-refractivity contribution in [3.63, 3.8) is 0 Å². The number of fused-ring (bicyclic) bond motifs is 1. The van der Waals surface area contributed by atoms with E-state index in [1.165, 1.54) is 0 Å². The van der Waals surface area contributed by atoms with Crippen LogP contribution in [-0.2, 0) is 6.54 Å². The number of hydrogen-bond acceptors (Lipinski definition) is 3. The van der Waals surface area contributed by atoms with Crippen molar-refractivity contribution in [3.05, 3.63) is 76.8 Å². The average molecular weight is 422 g/mol. The van der Waals surface area contributed by atoms with E-state index in [1.54, 1.807) is 10.9 Å². The number of carbonyl (C=O) groups is 1. The first-order valence-electron chi connectivity index (χ1n) is 9.99. The van der Waals surface area contributed by atoms with Crippen molar-refractivity contribution in [3.8, 4) is 5.69 Å². The second-order valence-electron chi connectivity index (χ2n) is 7.55. The van der Waals surface area contributed by atoms with E-state index in [1.807, 2.05) is 55.5 Å². The van der Waals surface area contributed by atoms with E-state index in [9.17, 15) is 4.79 Å². The molecule has 0 bridgehead atoms. The van der Waals surface area contributed by atoms with Crippen LogP contribution in [0.25, 0.3) is 16.7 Å². The highest BCUT2D eigenvalue weighted by Crippen LogP contribution is 2.24. The summed E-state index contributed by atoms with van der Waals surface area (Å²) in [6.07, 6.45) is 1.63. The van der Waals surface area contributed by atoms with Crippen LogP contribution in [0.3, 0.4) is 0 Å². The van der Waals surface area contributed by atoms with Gasteiger partial charge in [-0.05, 0) is 43.2 Å². The highest BCUT2D eigenvalue weighted by atomic mass is 35.5. The summed E-state index contributed by atoms with van der Waals surface area (Å²) in [5.41, 5.74) is 4.31. The highest BCUT2D eigenvalue weighted by Gasteiger charge is 2.21. The number of nitrogens with zero attached hydrogens (tertiary/aromatic N) is 4. The van der Waals surface area contributed by atoms with Gasteiger partial charge in [0.25, 0.3) is 5.91 Å². The molecule has 30 heavy (non-hydrogen) atoms. The summed E-state index contributed by atoms with van der Waals surface area (Å²) in [5, 5.41) is 8.13. The second kappa shape index (κ2) is 8.32. The van der Waals surface area contributed by atoms with Gasteiger partial charge < -0.3 is 9.88 Å². The molecule has 0 saturated heterocycles. The van der Waals surface area contributed by atoms with Gasteiger partial charge in [0.2, 0.25) is 0 Å². The molecule has 0 radical (unpaired) electrons. The van der Waals surface area contributed by atoms with Gasteiger partial charge in [-0.3, -0.25) is 4.79 Å². The van der Waals surface area contributed by atoms with E-state index in [4.69, 9.17) is 11.6 Å². The number of aryl methyl sites for hydroxylation is 1. The fourth-order valence-electron chi connectivity index (χ4n) is 3.76. The van der Waals surface area contributed by atoms with Gasteiger partial charge in [0.05, 0.1) is 34.2 Å². The average Bonchev–Trinajstić information content (AvgIpc) is 3.30. The number of carbonyl (C=O) groups excluding carboxylic acids is 1. The summed E-state index contributed by atoms with van der Waals surface area (Å²) in [5.74, 6) is 0.920. The van der Waals surface area contributed by atoms with E-state index >= 15 is 0 Å². The van der Waals surface area contributed by atoms with Crippen LogP contribution in [0, 0.1) is 6.92 Å². The lowest BCUT2D eigenvalue weighted by Crippen LogP contribution is -2.28. The molecule has 0 spiro atoms. The Morgan fingerprint density at radius 2 is 1.97 bits per heavy atom. The zero-order valence-electron chi connectivity index (χ0n) is 17.3. The molecule has 0 atom stereocenters. The molecule has 2 aromatic carbocycles. The van der Waals surface area contributed by atoms with Crippen molar-refractivity contribution in [1.82, 2.24) is 24.6 Å². The van der Waals surface area contributed by atoms with E-state index in [0.717, 1.165) is 28.2 Å². The molecule has 0 unspecified atom stereocenters. The zero-order valence-corrected chi connectivity index (χ0v) is 18.0. The van der Waals surface area contributed by atoms with Gasteiger partial charge in [0.1, 0.15) is 5.82 Å². The van der Waals surface area contributed by atoms with E-state index in [2.05, 4.69) is 33.8 Å². The number of halogens is 1. The topological polar surface area (TPSA) is 64.7 Å². The smallest absolute Gasteiger partial charge is 0.254 e. The van der Waals surface area contributed by atoms with Crippen LogP contribution in [0.2, 0.25) is 5.02 Å². The molecular weight excluding hydrogens is 398 g/mol. The predicted octanol–water partition coefficient (Wildman–Crippen LogP) is 4.74. The van der Waals surface area contributed by atoms with Gasteiger partial charge in [-0.1, -0.05) is 43.6 Å². The third kappa shape index (κ3) is 3.83. The number of aromatic nitrogens is 4.